The highest BCUT2D eigenvalue weighted by Crippen LogP contribution is 2.33. The Morgan fingerprint density at radius 3 is 2.94 bits per heavy atom. The molecule has 3 nitrogen and oxygen atoms in total. The van der Waals surface area contributed by atoms with Gasteiger partial charge < -0.3 is 15.2 Å². The van der Waals surface area contributed by atoms with Crippen molar-refractivity contribution in [3.8, 4) is 5.75 Å². The van der Waals surface area contributed by atoms with Crippen molar-refractivity contribution in [2.45, 2.75) is 26.4 Å². The highest BCUT2D eigenvalue weighted by atomic mass is 16.5. The molecule has 1 aromatic rings. The topological polar surface area (TPSA) is 41.5 Å². The second kappa shape index (κ2) is 5.52. The Bertz CT molecular complexity index is 376. The number of ether oxygens (including phenoxy) is 1. The summed E-state index contributed by atoms with van der Waals surface area (Å²) >= 11 is 0. The predicted octanol–water partition coefficient (Wildman–Crippen LogP) is 1.90. The van der Waals surface area contributed by atoms with E-state index >= 15 is 0 Å². The molecule has 0 aromatic heterocycles. The molecule has 0 saturated heterocycles. The zero-order valence-electron chi connectivity index (χ0n) is 10.6. The van der Waals surface area contributed by atoms with Gasteiger partial charge in [0.2, 0.25) is 0 Å². The third kappa shape index (κ3) is 2.99. The highest BCUT2D eigenvalue weighted by Gasteiger charge is 2.20. The van der Waals surface area contributed by atoms with Crippen molar-refractivity contribution in [2.75, 3.05) is 19.7 Å². The summed E-state index contributed by atoms with van der Waals surface area (Å²) in [5, 5.41) is 13.4. The van der Waals surface area contributed by atoms with Crippen molar-refractivity contribution < 1.29 is 9.84 Å². The van der Waals surface area contributed by atoms with Crippen LogP contribution in [0.25, 0.3) is 0 Å². The van der Waals surface area contributed by atoms with Gasteiger partial charge in [-0.05, 0) is 18.0 Å². The van der Waals surface area contributed by atoms with Crippen LogP contribution in [-0.4, -0.2) is 24.8 Å². The second-order valence-electron chi connectivity index (χ2n) is 5.00. The number of para-hydroxylation sites is 1. The fourth-order valence-electron chi connectivity index (χ4n) is 2.12. The monoisotopic (exact) mass is 235 g/mol. The first-order valence-electron chi connectivity index (χ1n) is 6.32. The van der Waals surface area contributed by atoms with Gasteiger partial charge in [-0.2, -0.15) is 0 Å². The SMILES string of the molecule is CC(C)CNCC(O)c1cccc2c1OCC2. The van der Waals surface area contributed by atoms with Gasteiger partial charge in [-0.25, -0.2) is 0 Å². The fourth-order valence-corrected chi connectivity index (χ4v) is 2.12. The lowest BCUT2D eigenvalue weighted by molar-refractivity contribution is 0.169. The smallest absolute Gasteiger partial charge is 0.128 e. The van der Waals surface area contributed by atoms with E-state index in [1.54, 1.807) is 0 Å². The molecule has 2 N–H and O–H groups in total. The fraction of sp³-hybridized carbons (Fsp3) is 0.571. The van der Waals surface area contributed by atoms with Crippen LogP contribution in [0.1, 0.15) is 31.1 Å². The summed E-state index contributed by atoms with van der Waals surface area (Å²) in [6.07, 6.45) is 0.469. The predicted molar refractivity (Wildman–Crippen MR) is 68.3 cm³/mol. The number of benzene rings is 1. The molecule has 0 aliphatic carbocycles. The van der Waals surface area contributed by atoms with E-state index in [1.807, 2.05) is 12.1 Å². The number of hydrogen-bond donors (Lipinski definition) is 2. The minimum Gasteiger partial charge on any atom is -0.493 e. The number of fused-ring (bicyclic) bond motifs is 1. The van der Waals surface area contributed by atoms with E-state index in [1.165, 1.54) is 5.56 Å². The number of aliphatic hydroxyl groups excluding tert-OH is 1. The molecule has 1 aliphatic heterocycles. The van der Waals surface area contributed by atoms with Crippen LogP contribution in [0.3, 0.4) is 0 Å². The lowest BCUT2D eigenvalue weighted by Gasteiger charge is -2.16. The molecular weight excluding hydrogens is 214 g/mol. The van der Waals surface area contributed by atoms with Crippen LogP contribution in [0.2, 0.25) is 0 Å². The van der Waals surface area contributed by atoms with Gasteiger partial charge in [-0.1, -0.05) is 32.0 Å². The molecule has 0 spiro atoms. The molecule has 2 rings (SSSR count). The van der Waals surface area contributed by atoms with Gasteiger partial charge in [-0.15, -0.1) is 0 Å². The van der Waals surface area contributed by atoms with E-state index in [-0.39, 0.29) is 0 Å². The second-order valence-corrected chi connectivity index (χ2v) is 5.00. The van der Waals surface area contributed by atoms with E-state index in [2.05, 4.69) is 25.2 Å². The standard InChI is InChI=1S/C14H21NO2/c1-10(2)8-15-9-13(16)12-5-3-4-11-6-7-17-14(11)12/h3-5,10,13,15-16H,6-9H2,1-2H3. The molecule has 1 aromatic carbocycles. The van der Waals surface area contributed by atoms with E-state index in [9.17, 15) is 5.11 Å². The Morgan fingerprint density at radius 2 is 2.18 bits per heavy atom. The minimum absolute atomic E-state index is 0.484. The number of aliphatic hydroxyl groups is 1. The average molecular weight is 235 g/mol. The summed E-state index contributed by atoms with van der Waals surface area (Å²) in [6, 6.07) is 6.01. The Balaban J connectivity index is 1.99. The first-order chi connectivity index (χ1) is 8.18. The van der Waals surface area contributed by atoms with Gasteiger partial charge in [0, 0.05) is 18.5 Å². The molecule has 1 heterocycles. The molecular formula is C14H21NO2. The Morgan fingerprint density at radius 1 is 1.35 bits per heavy atom. The number of hydrogen-bond acceptors (Lipinski definition) is 3. The highest BCUT2D eigenvalue weighted by molar-refractivity contribution is 5.45. The molecule has 0 amide bonds. The van der Waals surface area contributed by atoms with E-state index < -0.39 is 6.10 Å². The first-order valence-corrected chi connectivity index (χ1v) is 6.32. The number of rotatable bonds is 5. The maximum atomic E-state index is 10.2. The molecule has 1 atom stereocenters. The van der Waals surface area contributed by atoms with E-state index in [4.69, 9.17) is 4.74 Å². The Hall–Kier alpha value is -1.06. The van der Waals surface area contributed by atoms with Crippen LogP contribution in [0.5, 0.6) is 5.75 Å². The van der Waals surface area contributed by atoms with Crippen LogP contribution in [0.4, 0.5) is 0 Å². The molecule has 94 valence electrons. The van der Waals surface area contributed by atoms with Crippen LogP contribution in [-0.2, 0) is 6.42 Å². The van der Waals surface area contributed by atoms with Crippen molar-refractivity contribution in [3.05, 3.63) is 29.3 Å². The van der Waals surface area contributed by atoms with Gasteiger partial charge >= 0.3 is 0 Å². The normalized spacial score (nSPS) is 15.8. The van der Waals surface area contributed by atoms with Gasteiger partial charge in [0.25, 0.3) is 0 Å². The maximum absolute atomic E-state index is 10.2. The zero-order valence-corrected chi connectivity index (χ0v) is 10.6. The summed E-state index contributed by atoms with van der Waals surface area (Å²) in [6.45, 7) is 6.55. The lowest BCUT2D eigenvalue weighted by Crippen LogP contribution is -2.25. The van der Waals surface area contributed by atoms with Crippen molar-refractivity contribution in [1.82, 2.24) is 5.32 Å². The van der Waals surface area contributed by atoms with E-state index in [0.717, 1.165) is 30.9 Å². The van der Waals surface area contributed by atoms with Gasteiger partial charge in [-0.3, -0.25) is 0 Å². The van der Waals surface area contributed by atoms with Gasteiger partial charge in [0.05, 0.1) is 12.7 Å². The van der Waals surface area contributed by atoms with Crippen LogP contribution in [0.15, 0.2) is 18.2 Å². The molecule has 17 heavy (non-hydrogen) atoms. The van der Waals surface area contributed by atoms with E-state index in [0.29, 0.717) is 12.5 Å². The maximum Gasteiger partial charge on any atom is 0.128 e. The molecule has 3 heteroatoms. The molecule has 0 bridgehead atoms. The molecule has 0 radical (unpaired) electrons. The van der Waals surface area contributed by atoms with Crippen LogP contribution < -0.4 is 10.1 Å². The molecule has 1 aliphatic rings. The molecule has 0 fully saturated rings. The van der Waals surface area contributed by atoms with Crippen molar-refractivity contribution in [1.29, 1.82) is 0 Å². The van der Waals surface area contributed by atoms with Crippen molar-refractivity contribution >= 4 is 0 Å². The first kappa shape index (κ1) is 12.4. The van der Waals surface area contributed by atoms with Crippen molar-refractivity contribution in [3.63, 3.8) is 0 Å². The summed E-state index contributed by atoms with van der Waals surface area (Å²) in [7, 11) is 0. The lowest BCUT2D eigenvalue weighted by atomic mass is 10.0. The summed E-state index contributed by atoms with van der Waals surface area (Å²) < 4.78 is 5.59. The Kier molecular flexibility index (Phi) is 4.02. The largest absolute Gasteiger partial charge is 0.493 e. The number of nitrogens with one attached hydrogen (secondary N) is 1. The third-order valence-electron chi connectivity index (χ3n) is 2.99. The quantitative estimate of drug-likeness (QED) is 0.819. The third-order valence-corrected chi connectivity index (χ3v) is 2.99. The Labute approximate surface area is 103 Å². The van der Waals surface area contributed by atoms with Crippen LogP contribution in [0, 0.1) is 5.92 Å². The van der Waals surface area contributed by atoms with Gasteiger partial charge in [0.1, 0.15) is 5.75 Å². The minimum atomic E-state index is -0.484. The van der Waals surface area contributed by atoms with Crippen molar-refractivity contribution in [2.24, 2.45) is 5.92 Å². The zero-order chi connectivity index (χ0) is 12.3. The van der Waals surface area contributed by atoms with Crippen LogP contribution >= 0.6 is 0 Å². The summed E-state index contributed by atoms with van der Waals surface area (Å²) in [5.41, 5.74) is 2.13. The summed E-state index contributed by atoms with van der Waals surface area (Å²) in [4.78, 5) is 0. The molecule has 1 unspecified atom stereocenters. The summed E-state index contributed by atoms with van der Waals surface area (Å²) in [5.74, 6) is 1.49. The average Bonchev–Trinajstić information content (AvgIpc) is 2.75. The molecule has 0 saturated carbocycles. The van der Waals surface area contributed by atoms with Gasteiger partial charge in [0.15, 0.2) is 0 Å².